The van der Waals surface area contributed by atoms with Crippen LogP contribution in [-0.4, -0.2) is 20.7 Å². The molecule has 0 aliphatic heterocycles. The maximum Gasteiger partial charge on any atom is 0.312 e. The van der Waals surface area contributed by atoms with Gasteiger partial charge in [-0.3, -0.25) is 4.79 Å². The SMILES string of the molecule is CC(C)C(C)(CC(C)(C)C)C(=O)OCCC[Si](C)(C)C. The largest absolute Gasteiger partial charge is 0.465 e. The molecule has 0 aromatic heterocycles. The van der Waals surface area contributed by atoms with Gasteiger partial charge in [-0.25, -0.2) is 0 Å². The normalized spacial score (nSPS) is 16.1. The predicted octanol–water partition coefficient (Wildman–Crippen LogP) is 5.36. The Bertz CT molecular complexity index is 310. The molecule has 0 N–H and O–H groups in total. The molecule has 0 spiro atoms. The van der Waals surface area contributed by atoms with Gasteiger partial charge in [-0.05, 0) is 31.1 Å². The van der Waals surface area contributed by atoms with Crippen LogP contribution in [0.25, 0.3) is 0 Å². The van der Waals surface area contributed by atoms with Gasteiger partial charge < -0.3 is 4.74 Å². The molecule has 1 unspecified atom stereocenters. The van der Waals surface area contributed by atoms with Crippen LogP contribution >= 0.6 is 0 Å². The van der Waals surface area contributed by atoms with E-state index < -0.39 is 8.07 Å². The summed E-state index contributed by atoms with van der Waals surface area (Å²) in [6, 6.07) is 1.22. The Hall–Kier alpha value is -0.313. The van der Waals surface area contributed by atoms with Crippen LogP contribution in [0.2, 0.25) is 25.7 Å². The highest BCUT2D eigenvalue weighted by atomic mass is 28.3. The Kier molecular flexibility index (Phi) is 6.99. The second-order valence-electron chi connectivity index (χ2n) is 9.11. The van der Waals surface area contributed by atoms with Crippen LogP contribution in [0.3, 0.4) is 0 Å². The van der Waals surface area contributed by atoms with Crippen molar-refractivity contribution >= 4 is 14.0 Å². The van der Waals surface area contributed by atoms with E-state index in [2.05, 4.69) is 61.2 Å². The molecule has 0 aliphatic rings. The molecule has 0 amide bonds. The minimum atomic E-state index is -1.03. The van der Waals surface area contributed by atoms with Crippen LogP contribution in [0.1, 0.15) is 54.4 Å². The maximum absolute atomic E-state index is 12.5. The molecular weight excluding hydrogens is 264 g/mol. The van der Waals surface area contributed by atoms with E-state index in [0.29, 0.717) is 12.5 Å². The van der Waals surface area contributed by atoms with Gasteiger partial charge in [0.25, 0.3) is 0 Å². The van der Waals surface area contributed by atoms with Crippen LogP contribution in [0.4, 0.5) is 0 Å². The third-order valence-electron chi connectivity index (χ3n) is 3.94. The number of esters is 1. The molecule has 0 saturated heterocycles. The Morgan fingerprint density at radius 2 is 1.60 bits per heavy atom. The van der Waals surface area contributed by atoms with Crippen molar-refractivity contribution in [1.82, 2.24) is 0 Å². The zero-order valence-electron chi connectivity index (χ0n) is 15.2. The van der Waals surface area contributed by atoms with Crippen molar-refractivity contribution in [2.24, 2.45) is 16.7 Å². The van der Waals surface area contributed by atoms with Crippen LogP contribution < -0.4 is 0 Å². The van der Waals surface area contributed by atoms with Crippen molar-refractivity contribution in [3.05, 3.63) is 0 Å². The van der Waals surface area contributed by atoms with E-state index in [1.54, 1.807) is 0 Å². The first kappa shape index (κ1) is 19.7. The second-order valence-corrected chi connectivity index (χ2v) is 14.7. The molecule has 0 radical (unpaired) electrons. The van der Waals surface area contributed by atoms with Gasteiger partial charge in [0.15, 0.2) is 0 Å². The molecule has 0 aliphatic carbocycles. The first-order chi connectivity index (χ1) is 8.78. The standard InChI is InChI=1S/C17H36O2Si/c1-14(2)17(6,13-16(3,4)5)15(18)19-11-10-12-20(7,8)9/h14H,10-13H2,1-9H3. The molecule has 3 heteroatoms. The molecule has 0 bridgehead atoms. The zero-order chi connectivity index (χ0) is 16.2. The first-order valence-electron chi connectivity index (χ1n) is 7.95. The maximum atomic E-state index is 12.5. The van der Waals surface area contributed by atoms with E-state index in [-0.39, 0.29) is 16.8 Å². The highest BCUT2D eigenvalue weighted by Gasteiger charge is 2.41. The lowest BCUT2D eigenvalue weighted by Crippen LogP contribution is -2.38. The Morgan fingerprint density at radius 3 is 1.95 bits per heavy atom. The molecule has 0 fully saturated rings. The van der Waals surface area contributed by atoms with Gasteiger partial charge in [0, 0.05) is 8.07 Å². The molecule has 120 valence electrons. The summed E-state index contributed by atoms with van der Waals surface area (Å²) in [5, 5.41) is 0. The van der Waals surface area contributed by atoms with Crippen LogP contribution in [0, 0.1) is 16.7 Å². The number of ether oxygens (including phenoxy) is 1. The van der Waals surface area contributed by atoms with Crippen molar-refractivity contribution in [2.45, 2.75) is 80.1 Å². The van der Waals surface area contributed by atoms with Gasteiger partial charge in [0.2, 0.25) is 0 Å². The number of carbonyl (C=O) groups excluding carboxylic acids is 1. The fraction of sp³-hybridized carbons (Fsp3) is 0.941. The fourth-order valence-electron chi connectivity index (χ4n) is 2.55. The summed E-state index contributed by atoms with van der Waals surface area (Å²) in [4.78, 5) is 12.5. The Balaban J connectivity index is 4.52. The van der Waals surface area contributed by atoms with Gasteiger partial charge in [-0.2, -0.15) is 0 Å². The van der Waals surface area contributed by atoms with E-state index in [1.807, 2.05) is 0 Å². The Labute approximate surface area is 127 Å². The smallest absolute Gasteiger partial charge is 0.312 e. The molecule has 0 saturated carbocycles. The van der Waals surface area contributed by atoms with Crippen LogP contribution in [-0.2, 0) is 9.53 Å². The number of carbonyl (C=O) groups is 1. The van der Waals surface area contributed by atoms with E-state index in [1.165, 1.54) is 6.04 Å². The summed E-state index contributed by atoms with van der Waals surface area (Å²) >= 11 is 0. The molecule has 1 atom stereocenters. The van der Waals surface area contributed by atoms with E-state index in [9.17, 15) is 4.79 Å². The molecule has 2 nitrogen and oxygen atoms in total. The molecule has 0 aromatic carbocycles. The lowest BCUT2D eigenvalue weighted by Gasteiger charge is -2.36. The van der Waals surface area contributed by atoms with Gasteiger partial charge in [-0.15, -0.1) is 0 Å². The number of hydrogen-bond donors (Lipinski definition) is 0. The van der Waals surface area contributed by atoms with Crippen LogP contribution in [0.15, 0.2) is 0 Å². The summed E-state index contributed by atoms with van der Waals surface area (Å²) in [5.41, 5.74) is -0.242. The monoisotopic (exact) mass is 300 g/mol. The number of hydrogen-bond acceptors (Lipinski definition) is 2. The Morgan fingerprint density at radius 1 is 1.10 bits per heavy atom. The van der Waals surface area contributed by atoms with Crippen molar-refractivity contribution in [2.75, 3.05) is 6.61 Å². The van der Waals surface area contributed by atoms with Crippen molar-refractivity contribution in [3.8, 4) is 0 Å². The van der Waals surface area contributed by atoms with Gasteiger partial charge in [0.05, 0.1) is 12.0 Å². The topological polar surface area (TPSA) is 26.3 Å². The highest BCUT2D eigenvalue weighted by Crippen LogP contribution is 2.40. The van der Waals surface area contributed by atoms with Crippen molar-refractivity contribution < 1.29 is 9.53 Å². The number of rotatable bonds is 7. The van der Waals surface area contributed by atoms with Gasteiger partial charge >= 0.3 is 5.97 Å². The first-order valence-corrected chi connectivity index (χ1v) is 11.7. The van der Waals surface area contributed by atoms with Crippen LogP contribution in [0.5, 0.6) is 0 Å². The van der Waals surface area contributed by atoms with Crippen molar-refractivity contribution in [3.63, 3.8) is 0 Å². The molecule has 20 heavy (non-hydrogen) atoms. The average molecular weight is 301 g/mol. The minimum absolute atomic E-state index is 0.0157. The summed E-state index contributed by atoms with van der Waals surface area (Å²) in [5.74, 6) is 0.282. The van der Waals surface area contributed by atoms with E-state index >= 15 is 0 Å². The lowest BCUT2D eigenvalue weighted by atomic mass is 9.69. The third-order valence-corrected chi connectivity index (χ3v) is 5.80. The fourth-order valence-corrected chi connectivity index (χ4v) is 3.75. The van der Waals surface area contributed by atoms with E-state index in [4.69, 9.17) is 4.74 Å². The quantitative estimate of drug-likeness (QED) is 0.359. The summed E-state index contributed by atoms with van der Waals surface area (Å²) in [6.45, 7) is 20.5. The predicted molar refractivity (Wildman–Crippen MR) is 90.7 cm³/mol. The van der Waals surface area contributed by atoms with Crippen molar-refractivity contribution in [1.29, 1.82) is 0 Å². The molecule has 0 heterocycles. The lowest BCUT2D eigenvalue weighted by molar-refractivity contribution is -0.160. The van der Waals surface area contributed by atoms with Gasteiger partial charge in [0.1, 0.15) is 0 Å². The third kappa shape index (κ3) is 7.46. The average Bonchev–Trinajstić information content (AvgIpc) is 2.19. The summed E-state index contributed by atoms with van der Waals surface area (Å²) in [7, 11) is -1.03. The highest BCUT2D eigenvalue weighted by molar-refractivity contribution is 6.76. The molecule has 0 rings (SSSR count). The summed E-state index contributed by atoms with van der Waals surface area (Å²) in [6.07, 6.45) is 1.87. The minimum Gasteiger partial charge on any atom is -0.465 e. The summed E-state index contributed by atoms with van der Waals surface area (Å²) < 4.78 is 5.59. The van der Waals surface area contributed by atoms with E-state index in [0.717, 1.165) is 12.8 Å². The molecular formula is C17H36O2Si. The second kappa shape index (κ2) is 7.10. The van der Waals surface area contributed by atoms with Gasteiger partial charge in [-0.1, -0.05) is 60.3 Å². The zero-order valence-corrected chi connectivity index (χ0v) is 16.2. The molecule has 0 aromatic rings.